The van der Waals surface area contributed by atoms with Crippen molar-refractivity contribution in [3.63, 3.8) is 0 Å². The molecule has 1 unspecified atom stereocenters. The van der Waals surface area contributed by atoms with Crippen LogP contribution >= 0.6 is 11.6 Å². The van der Waals surface area contributed by atoms with Crippen LogP contribution in [0.2, 0.25) is 0 Å². The van der Waals surface area contributed by atoms with E-state index in [9.17, 15) is 5.11 Å². The average molecular weight is 285 g/mol. The molecule has 1 aromatic rings. The summed E-state index contributed by atoms with van der Waals surface area (Å²) in [6.45, 7) is 2.62. The van der Waals surface area contributed by atoms with Crippen molar-refractivity contribution in [2.45, 2.75) is 18.9 Å². The smallest absolute Gasteiger partial charge is 0.144 e. The van der Waals surface area contributed by atoms with Gasteiger partial charge in [0.05, 0.1) is 24.8 Å². The molecule has 1 heterocycles. The van der Waals surface area contributed by atoms with Gasteiger partial charge in [-0.25, -0.2) is 0 Å². The number of benzene rings is 1. The monoisotopic (exact) mass is 284 g/mol. The summed E-state index contributed by atoms with van der Waals surface area (Å²) in [7, 11) is 1.69. The number of nitrogens with one attached hydrogen (secondary N) is 1. The summed E-state index contributed by atoms with van der Waals surface area (Å²) in [5, 5.41) is 12.6. The van der Waals surface area contributed by atoms with E-state index in [-0.39, 0.29) is 5.88 Å². The van der Waals surface area contributed by atoms with Gasteiger partial charge in [0.2, 0.25) is 0 Å². The fraction of sp³-hybridized carbons (Fsp3) is 0.571. The van der Waals surface area contributed by atoms with Crippen molar-refractivity contribution in [2.24, 2.45) is 0 Å². The number of methoxy groups -OCH3 is 1. The highest BCUT2D eigenvalue weighted by atomic mass is 35.5. The van der Waals surface area contributed by atoms with Gasteiger partial charge in [-0.3, -0.25) is 0 Å². The van der Waals surface area contributed by atoms with Crippen molar-refractivity contribution in [1.29, 1.82) is 0 Å². The van der Waals surface area contributed by atoms with Crippen LogP contribution in [-0.4, -0.2) is 43.8 Å². The second-order valence-corrected chi connectivity index (χ2v) is 5.08. The summed E-state index contributed by atoms with van der Waals surface area (Å²) >= 11 is 5.57. The maximum Gasteiger partial charge on any atom is 0.144 e. The molecule has 19 heavy (non-hydrogen) atoms. The van der Waals surface area contributed by atoms with Crippen molar-refractivity contribution in [1.82, 2.24) is 0 Å². The molecule has 0 amide bonds. The number of ether oxygens (including phenoxy) is 1. The summed E-state index contributed by atoms with van der Waals surface area (Å²) in [5.74, 6) is 1.10. The van der Waals surface area contributed by atoms with E-state index in [1.54, 1.807) is 7.11 Å². The third-order valence-corrected chi connectivity index (χ3v) is 3.70. The van der Waals surface area contributed by atoms with E-state index in [1.807, 2.05) is 12.1 Å². The zero-order valence-corrected chi connectivity index (χ0v) is 12.0. The van der Waals surface area contributed by atoms with Crippen molar-refractivity contribution in [3.8, 4) is 5.75 Å². The maximum atomic E-state index is 9.44. The number of rotatable bonds is 6. The van der Waals surface area contributed by atoms with Gasteiger partial charge in [-0.2, -0.15) is 0 Å². The number of aliphatic hydroxyl groups is 1. The summed E-state index contributed by atoms with van der Waals surface area (Å²) in [5.41, 5.74) is 2.08. The van der Waals surface area contributed by atoms with Crippen LogP contribution in [0.5, 0.6) is 5.75 Å². The number of hydrogen-bond donors (Lipinski definition) is 2. The third kappa shape index (κ3) is 3.67. The van der Waals surface area contributed by atoms with E-state index < -0.39 is 6.10 Å². The van der Waals surface area contributed by atoms with Crippen LogP contribution in [0.15, 0.2) is 18.2 Å². The Morgan fingerprint density at radius 2 is 2.16 bits per heavy atom. The summed E-state index contributed by atoms with van der Waals surface area (Å²) in [4.78, 5) is 2.34. The normalized spacial score (nSPS) is 16.5. The second kappa shape index (κ2) is 6.87. The van der Waals surface area contributed by atoms with E-state index in [0.29, 0.717) is 6.54 Å². The molecule has 4 nitrogen and oxygen atoms in total. The van der Waals surface area contributed by atoms with Crippen LogP contribution in [0.3, 0.4) is 0 Å². The standard InChI is InChI=1S/C14H21ClN2O2/c1-19-14-8-11(16-10-12(18)9-15)4-5-13(14)17-6-2-3-7-17/h4-5,8,12,16,18H,2-3,6-7,9-10H2,1H3. The topological polar surface area (TPSA) is 44.7 Å². The quantitative estimate of drug-likeness (QED) is 0.787. The van der Waals surface area contributed by atoms with Crippen LogP contribution in [0.4, 0.5) is 11.4 Å². The number of hydrogen-bond acceptors (Lipinski definition) is 4. The summed E-state index contributed by atoms with van der Waals surface area (Å²) in [6.07, 6.45) is 1.95. The molecule has 0 aromatic heterocycles. The number of alkyl halides is 1. The van der Waals surface area contributed by atoms with Gasteiger partial charge in [0.15, 0.2) is 0 Å². The molecule has 1 aliphatic rings. The molecule has 1 saturated heterocycles. The molecular formula is C14H21ClN2O2. The molecule has 0 radical (unpaired) electrons. The van der Waals surface area contributed by atoms with Crippen LogP contribution in [0, 0.1) is 0 Å². The maximum absolute atomic E-state index is 9.44. The zero-order chi connectivity index (χ0) is 13.7. The highest BCUT2D eigenvalue weighted by molar-refractivity contribution is 6.18. The lowest BCUT2D eigenvalue weighted by atomic mass is 10.2. The van der Waals surface area contributed by atoms with Crippen molar-refractivity contribution in [2.75, 3.05) is 42.8 Å². The molecule has 2 N–H and O–H groups in total. The first-order chi connectivity index (χ1) is 9.24. The van der Waals surface area contributed by atoms with E-state index in [4.69, 9.17) is 16.3 Å². The molecule has 0 saturated carbocycles. The third-order valence-electron chi connectivity index (χ3n) is 3.35. The summed E-state index contributed by atoms with van der Waals surface area (Å²) < 4.78 is 5.46. The lowest BCUT2D eigenvalue weighted by Crippen LogP contribution is -2.21. The number of halogens is 1. The van der Waals surface area contributed by atoms with Crippen LogP contribution in [0.25, 0.3) is 0 Å². The molecule has 5 heteroatoms. The fourth-order valence-electron chi connectivity index (χ4n) is 2.30. The van der Waals surface area contributed by atoms with Crippen LogP contribution in [0.1, 0.15) is 12.8 Å². The van der Waals surface area contributed by atoms with E-state index >= 15 is 0 Å². The molecule has 1 aliphatic heterocycles. The van der Waals surface area contributed by atoms with Gasteiger partial charge >= 0.3 is 0 Å². The van der Waals surface area contributed by atoms with E-state index in [1.165, 1.54) is 12.8 Å². The average Bonchev–Trinajstić information content (AvgIpc) is 2.98. The Labute approximate surface area is 119 Å². The van der Waals surface area contributed by atoms with Gasteiger partial charge in [-0.15, -0.1) is 11.6 Å². The van der Waals surface area contributed by atoms with Gasteiger partial charge in [0.25, 0.3) is 0 Å². The molecule has 0 aliphatic carbocycles. The molecule has 1 atom stereocenters. The fourth-order valence-corrected chi connectivity index (χ4v) is 2.41. The van der Waals surface area contributed by atoms with Crippen molar-refractivity contribution < 1.29 is 9.84 Å². The first kappa shape index (κ1) is 14.3. The molecule has 1 fully saturated rings. The lowest BCUT2D eigenvalue weighted by molar-refractivity contribution is 0.211. The molecule has 106 valence electrons. The Bertz CT molecular complexity index is 408. The van der Waals surface area contributed by atoms with E-state index in [2.05, 4.69) is 16.3 Å². The number of nitrogens with zero attached hydrogens (tertiary/aromatic N) is 1. The van der Waals surface area contributed by atoms with Gasteiger partial charge in [-0.1, -0.05) is 0 Å². The highest BCUT2D eigenvalue weighted by Gasteiger charge is 2.16. The van der Waals surface area contributed by atoms with Gasteiger partial charge in [-0.05, 0) is 25.0 Å². The van der Waals surface area contributed by atoms with Crippen LogP contribution in [-0.2, 0) is 0 Å². The van der Waals surface area contributed by atoms with E-state index in [0.717, 1.165) is 30.2 Å². The highest BCUT2D eigenvalue weighted by Crippen LogP contribution is 2.33. The van der Waals surface area contributed by atoms with Gasteiger partial charge < -0.3 is 20.1 Å². The molecule has 1 aromatic carbocycles. The molecular weight excluding hydrogens is 264 g/mol. The van der Waals surface area contributed by atoms with Crippen LogP contribution < -0.4 is 15.0 Å². The predicted molar refractivity (Wildman–Crippen MR) is 79.7 cm³/mol. The first-order valence-electron chi connectivity index (χ1n) is 6.65. The lowest BCUT2D eigenvalue weighted by Gasteiger charge is -2.21. The Hall–Kier alpha value is -1.13. The predicted octanol–water partition coefficient (Wildman–Crippen LogP) is 2.31. The SMILES string of the molecule is COc1cc(NCC(O)CCl)ccc1N1CCCC1. The summed E-state index contributed by atoms with van der Waals surface area (Å²) in [6, 6.07) is 6.05. The Kier molecular flexibility index (Phi) is 5.16. The van der Waals surface area contributed by atoms with Gasteiger partial charge in [0, 0.05) is 31.4 Å². The van der Waals surface area contributed by atoms with Crippen molar-refractivity contribution >= 4 is 23.0 Å². The first-order valence-corrected chi connectivity index (χ1v) is 7.19. The number of aliphatic hydroxyl groups excluding tert-OH is 1. The number of anilines is 2. The Balaban J connectivity index is 2.07. The minimum Gasteiger partial charge on any atom is -0.495 e. The van der Waals surface area contributed by atoms with Crippen molar-refractivity contribution in [3.05, 3.63) is 18.2 Å². The zero-order valence-electron chi connectivity index (χ0n) is 11.2. The molecule has 0 spiro atoms. The largest absolute Gasteiger partial charge is 0.495 e. The minimum atomic E-state index is -0.536. The Morgan fingerprint density at radius 3 is 2.79 bits per heavy atom. The minimum absolute atomic E-state index is 0.232. The molecule has 2 rings (SSSR count). The second-order valence-electron chi connectivity index (χ2n) is 4.77. The molecule has 0 bridgehead atoms. The Morgan fingerprint density at radius 1 is 1.42 bits per heavy atom. The van der Waals surface area contributed by atoms with Gasteiger partial charge in [0.1, 0.15) is 5.75 Å².